The summed E-state index contributed by atoms with van der Waals surface area (Å²) in [5.41, 5.74) is 6.20. The van der Waals surface area contributed by atoms with Crippen molar-refractivity contribution in [3.05, 3.63) is 41.9 Å². The molecule has 0 atom stereocenters. The van der Waals surface area contributed by atoms with Crippen molar-refractivity contribution in [3.63, 3.8) is 0 Å². The lowest BCUT2D eigenvalue weighted by atomic mass is 10.1. The molecule has 0 aliphatic heterocycles. The van der Waals surface area contributed by atoms with Crippen molar-refractivity contribution in [1.82, 2.24) is 5.16 Å². The number of hydrogen-bond acceptors (Lipinski definition) is 3. The van der Waals surface area contributed by atoms with Gasteiger partial charge in [-0.05, 0) is 24.3 Å². The highest BCUT2D eigenvalue weighted by atomic mass is 19.1. The number of nitrogens with two attached hydrogens (primary N) is 1. The summed E-state index contributed by atoms with van der Waals surface area (Å²) in [5.74, 6) is -0.988. The number of carbonyl (C=O) groups excluding carboxylic acids is 1. The highest BCUT2D eigenvalue weighted by molar-refractivity contribution is 5.98. The standard InChI is InChI=1S/C10H7FN2O2/c11-7-3-1-6(2-4-7)9-8(10(12)14)5-15-13-9/h1-5H,(H2,12,14). The second-order valence-electron chi connectivity index (χ2n) is 2.95. The molecule has 2 rings (SSSR count). The van der Waals surface area contributed by atoms with Crippen LogP contribution in [-0.4, -0.2) is 11.1 Å². The van der Waals surface area contributed by atoms with Crippen molar-refractivity contribution in [1.29, 1.82) is 0 Å². The normalized spacial score (nSPS) is 10.2. The molecule has 1 amide bonds. The fourth-order valence-electron chi connectivity index (χ4n) is 1.23. The summed E-state index contributed by atoms with van der Waals surface area (Å²) < 4.78 is 17.3. The average molecular weight is 206 g/mol. The first kappa shape index (κ1) is 9.39. The molecule has 5 heteroatoms. The van der Waals surface area contributed by atoms with Crippen LogP contribution in [-0.2, 0) is 0 Å². The molecule has 76 valence electrons. The molecule has 1 aromatic carbocycles. The molecule has 0 unspecified atom stereocenters. The van der Waals surface area contributed by atoms with Crippen molar-refractivity contribution < 1.29 is 13.7 Å². The molecule has 0 bridgehead atoms. The van der Waals surface area contributed by atoms with E-state index in [0.717, 1.165) is 0 Å². The minimum absolute atomic E-state index is 0.182. The zero-order chi connectivity index (χ0) is 10.8. The van der Waals surface area contributed by atoms with Crippen LogP contribution < -0.4 is 5.73 Å². The number of carbonyl (C=O) groups is 1. The van der Waals surface area contributed by atoms with Crippen molar-refractivity contribution in [3.8, 4) is 11.3 Å². The van der Waals surface area contributed by atoms with E-state index in [1.807, 2.05) is 0 Å². The van der Waals surface area contributed by atoms with Crippen LogP contribution in [0.3, 0.4) is 0 Å². The maximum atomic E-state index is 12.7. The molecule has 0 radical (unpaired) electrons. The zero-order valence-corrected chi connectivity index (χ0v) is 7.61. The van der Waals surface area contributed by atoms with Crippen LogP contribution >= 0.6 is 0 Å². The molecule has 0 aliphatic carbocycles. The fourth-order valence-corrected chi connectivity index (χ4v) is 1.23. The third kappa shape index (κ3) is 1.71. The number of amides is 1. The molecule has 2 N–H and O–H groups in total. The van der Waals surface area contributed by atoms with Crippen LogP contribution in [0.25, 0.3) is 11.3 Å². The number of hydrogen-bond donors (Lipinski definition) is 1. The average Bonchev–Trinajstić information content (AvgIpc) is 2.67. The summed E-state index contributed by atoms with van der Waals surface area (Å²) in [6, 6.07) is 5.54. The number of halogens is 1. The van der Waals surface area contributed by atoms with Gasteiger partial charge < -0.3 is 10.3 Å². The van der Waals surface area contributed by atoms with Crippen LogP contribution in [0.2, 0.25) is 0 Å². The summed E-state index contributed by atoms with van der Waals surface area (Å²) in [4.78, 5) is 11.0. The van der Waals surface area contributed by atoms with E-state index in [9.17, 15) is 9.18 Å². The van der Waals surface area contributed by atoms with E-state index < -0.39 is 5.91 Å². The molecule has 1 heterocycles. The smallest absolute Gasteiger partial charge is 0.254 e. The third-order valence-corrected chi connectivity index (χ3v) is 1.95. The monoisotopic (exact) mass is 206 g/mol. The second kappa shape index (κ2) is 3.53. The van der Waals surface area contributed by atoms with Gasteiger partial charge in [-0.25, -0.2) is 4.39 Å². The first-order chi connectivity index (χ1) is 7.18. The molecule has 4 nitrogen and oxygen atoms in total. The molecular weight excluding hydrogens is 199 g/mol. The molecule has 0 aliphatic rings. The first-order valence-electron chi connectivity index (χ1n) is 4.18. The van der Waals surface area contributed by atoms with Gasteiger partial charge in [0.05, 0.1) is 0 Å². The number of nitrogens with zero attached hydrogens (tertiary/aromatic N) is 1. The van der Waals surface area contributed by atoms with Gasteiger partial charge in [-0.15, -0.1) is 0 Å². The fraction of sp³-hybridized carbons (Fsp3) is 0. The number of benzene rings is 1. The summed E-state index contributed by atoms with van der Waals surface area (Å²) >= 11 is 0. The number of rotatable bonds is 2. The van der Waals surface area contributed by atoms with Gasteiger partial charge in [0, 0.05) is 5.56 Å². The molecule has 0 fully saturated rings. The zero-order valence-electron chi connectivity index (χ0n) is 7.61. The summed E-state index contributed by atoms with van der Waals surface area (Å²) in [7, 11) is 0. The van der Waals surface area contributed by atoms with Gasteiger partial charge in [0.25, 0.3) is 5.91 Å². The SMILES string of the molecule is NC(=O)c1conc1-c1ccc(F)cc1. The number of aromatic nitrogens is 1. The van der Waals surface area contributed by atoms with E-state index >= 15 is 0 Å². The van der Waals surface area contributed by atoms with Crippen molar-refractivity contribution >= 4 is 5.91 Å². The van der Waals surface area contributed by atoms with Gasteiger partial charge in [0.2, 0.25) is 0 Å². The van der Waals surface area contributed by atoms with Crippen LogP contribution in [0.4, 0.5) is 4.39 Å². The first-order valence-corrected chi connectivity index (χ1v) is 4.18. The number of primary amides is 1. The Kier molecular flexibility index (Phi) is 2.21. The van der Waals surface area contributed by atoms with Crippen LogP contribution in [0.15, 0.2) is 35.1 Å². The highest BCUT2D eigenvalue weighted by Crippen LogP contribution is 2.21. The van der Waals surface area contributed by atoms with Gasteiger partial charge >= 0.3 is 0 Å². The van der Waals surface area contributed by atoms with E-state index in [-0.39, 0.29) is 11.4 Å². The lowest BCUT2D eigenvalue weighted by Crippen LogP contribution is -2.10. The molecular formula is C10H7FN2O2. The van der Waals surface area contributed by atoms with Gasteiger partial charge in [0.15, 0.2) is 0 Å². The minimum Gasteiger partial charge on any atom is -0.365 e. The molecule has 0 spiro atoms. The van der Waals surface area contributed by atoms with E-state index in [2.05, 4.69) is 9.68 Å². The topological polar surface area (TPSA) is 69.1 Å². The molecule has 15 heavy (non-hydrogen) atoms. The Morgan fingerprint density at radius 3 is 2.60 bits per heavy atom. The Morgan fingerprint density at radius 1 is 1.33 bits per heavy atom. The molecule has 2 aromatic rings. The largest absolute Gasteiger partial charge is 0.365 e. The Morgan fingerprint density at radius 2 is 2.00 bits per heavy atom. The van der Waals surface area contributed by atoms with Crippen molar-refractivity contribution in [2.75, 3.05) is 0 Å². The Labute approximate surface area is 84.5 Å². The summed E-state index contributed by atoms with van der Waals surface area (Å²) in [6.07, 6.45) is 1.17. The maximum Gasteiger partial charge on any atom is 0.254 e. The minimum atomic E-state index is -0.629. The Bertz CT molecular complexity index is 490. The van der Waals surface area contributed by atoms with Crippen LogP contribution in [0.5, 0.6) is 0 Å². The summed E-state index contributed by atoms with van der Waals surface area (Å²) in [5, 5.41) is 3.64. The quantitative estimate of drug-likeness (QED) is 0.810. The van der Waals surface area contributed by atoms with Gasteiger partial charge in [-0.3, -0.25) is 4.79 Å². The molecule has 0 saturated carbocycles. The van der Waals surface area contributed by atoms with E-state index in [1.165, 1.54) is 30.5 Å². The van der Waals surface area contributed by atoms with Gasteiger partial charge in [-0.2, -0.15) is 0 Å². The van der Waals surface area contributed by atoms with Crippen molar-refractivity contribution in [2.24, 2.45) is 5.73 Å². The Hall–Kier alpha value is -2.17. The predicted octanol–water partition coefficient (Wildman–Crippen LogP) is 1.58. The maximum absolute atomic E-state index is 12.7. The van der Waals surface area contributed by atoms with Crippen LogP contribution in [0.1, 0.15) is 10.4 Å². The summed E-state index contributed by atoms with van der Waals surface area (Å²) in [6.45, 7) is 0. The molecule has 0 saturated heterocycles. The Balaban J connectivity index is 2.49. The van der Waals surface area contributed by atoms with E-state index in [4.69, 9.17) is 5.73 Å². The van der Waals surface area contributed by atoms with Crippen molar-refractivity contribution in [2.45, 2.75) is 0 Å². The molecule has 1 aromatic heterocycles. The third-order valence-electron chi connectivity index (χ3n) is 1.95. The second-order valence-corrected chi connectivity index (χ2v) is 2.95. The van der Waals surface area contributed by atoms with E-state index in [1.54, 1.807) is 0 Å². The van der Waals surface area contributed by atoms with E-state index in [0.29, 0.717) is 11.3 Å². The van der Waals surface area contributed by atoms with Gasteiger partial charge in [-0.1, -0.05) is 5.16 Å². The highest BCUT2D eigenvalue weighted by Gasteiger charge is 2.14. The van der Waals surface area contributed by atoms with Gasteiger partial charge in [0.1, 0.15) is 23.3 Å². The lowest BCUT2D eigenvalue weighted by molar-refractivity contribution is 0.1000. The lowest BCUT2D eigenvalue weighted by Gasteiger charge is -1.97. The predicted molar refractivity (Wildman–Crippen MR) is 50.4 cm³/mol. The van der Waals surface area contributed by atoms with Crippen LogP contribution in [0, 0.1) is 5.82 Å².